The molecule has 6 nitrogen and oxygen atoms in total. The van der Waals surface area contributed by atoms with Crippen LogP contribution in [0.1, 0.15) is 27.2 Å². The summed E-state index contributed by atoms with van der Waals surface area (Å²) in [6.45, 7) is 7.43. The van der Waals surface area contributed by atoms with Gasteiger partial charge in [-0.3, -0.25) is 9.59 Å². The molecule has 0 aliphatic carbocycles. The number of nitrogens with one attached hydrogen (secondary N) is 1. The van der Waals surface area contributed by atoms with Gasteiger partial charge in [-0.15, -0.1) is 0 Å². The number of benzene rings is 1. The lowest BCUT2D eigenvalue weighted by Crippen LogP contribution is -2.42. The molecule has 124 valence electrons. The van der Waals surface area contributed by atoms with Crippen molar-refractivity contribution in [2.75, 3.05) is 25.1 Å². The maximum atomic E-state index is 12.4. The molecule has 0 saturated carbocycles. The van der Waals surface area contributed by atoms with E-state index in [4.69, 9.17) is 9.47 Å². The van der Waals surface area contributed by atoms with Crippen LogP contribution in [-0.2, 0) is 9.59 Å². The first kappa shape index (κ1) is 15.6. The number of ether oxygens (including phenoxy) is 2. The van der Waals surface area contributed by atoms with Crippen LogP contribution in [0, 0.1) is 5.92 Å². The molecule has 2 aliphatic rings. The average Bonchev–Trinajstić information content (AvgIpc) is 2.89. The fourth-order valence-electron chi connectivity index (χ4n) is 2.90. The van der Waals surface area contributed by atoms with E-state index < -0.39 is 0 Å². The van der Waals surface area contributed by atoms with Gasteiger partial charge in [-0.2, -0.15) is 0 Å². The predicted octanol–water partition coefficient (Wildman–Crippen LogP) is 2.04. The maximum absolute atomic E-state index is 12.4. The lowest BCUT2D eigenvalue weighted by molar-refractivity contribution is -0.131. The molecule has 6 heteroatoms. The molecule has 0 radical (unpaired) electrons. The van der Waals surface area contributed by atoms with E-state index in [1.807, 2.05) is 20.8 Å². The second-order valence-corrected chi connectivity index (χ2v) is 6.92. The Morgan fingerprint density at radius 1 is 1.22 bits per heavy atom. The van der Waals surface area contributed by atoms with Crippen molar-refractivity contribution in [3.05, 3.63) is 18.2 Å². The first-order chi connectivity index (χ1) is 10.8. The Kier molecular flexibility index (Phi) is 3.92. The number of hydrogen-bond donors (Lipinski definition) is 1. The molecule has 2 amide bonds. The van der Waals surface area contributed by atoms with Crippen LogP contribution in [0.2, 0.25) is 0 Å². The molecule has 23 heavy (non-hydrogen) atoms. The van der Waals surface area contributed by atoms with E-state index in [2.05, 4.69) is 5.32 Å². The van der Waals surface area contributed by atoms with Gasteiger partial charge in [-0.25, -0.2) is 0 Å². The number of fused-ring (bicyclic) bond motifs is 1. The van der Waals surface area contributed by atoms with Gasteiger partial charge >= 0.3 is 0 Å². The van der Waals surface area contributed by atoms with E-state index in [-0.39, 0.29) is 29.7 Å². The Labute approximate surface area is 135 Å². The molecule has 0 unspecified atom stereocenters. The van der Waals surface area contributed by atoms with Crippen molar-refractivity contribution < 1.29 is 19.1 Å². The summed E-state index contributed by atoms with van der Waals surface area (Å²) >= 11 is 0. The van der Waals surface area contributed by atoms with E-state index >= 15 is 0 Å². The lowest BCUT2D eigenvalue weighted by atomic mass is 10.1. The molecule has 0 bridgehead atoms. The molecular weight excluding hydrogens is 296 g/mol. The van der Waals surface area contributed by atoms with Crippen LogP contribution >= 0.6 is 0 Å². The Morgan fingerprint density at radius 2 is 1.91 bits per heavy atom. The number of carbonyl (C=O) groups excluding carboxylic acids is 2. The van der Waals surface area contributed by atoms with Gasteiger partial charge in [-0.1, -0.05) is 0 Å². The van der Waals surface area contributed by atoms with Crippen LogP contribution in [0.25, 0.3) is 0 Å². The SMILES string of the molecule is CC(C)(C)N1C[C@H](C(=O)Nc2ccc3c(c2)OCCO3)CC1=O. The highest BCUT2D eigenvalue weighted by atomic mass is 16.6. The van der Waals surface area contributed by atoms with Gasteiger partial charge in [0.1, 0.15) is 13.2 Å². The Bertz CT molecular complexity index is 636. The van der Waals surface area contributed by atoms with Gasteiger partial charge in [0, 0.05) is 30.3 Å². The summed E-state index contributed by atoms with van der Waals surface area (Å²) in [5, 5.41) is 2.87. The van der Waals surface area contributed by atoms with Gasteiger partial charge in [0.25, 0.3) is 0 Å². The molecule has 2 heterocycles. The minimum absolute atomic E-state index is 0.0276. The summed E-state index contributed by atoms with van der Waals surface area (Å²) < 4.78 is 11.0. The number of amides is 2. The fraction of sp³-hybridized carbons (Fsp3) is 0.529. The first-order valence-corrected chi connectivity index (χ1v) is 7.85. The van der Waals surface area contributed by atoms with Crippen LogP contribution in [0.4, 0.5) is 5.69 Å². The van der Waals surface area contributed by atoms with E-state index in [1.54, 1.807) is 23.1 Å². The zero-order chi connectivity index (χ0) is 16.6. The first-order valence-electron chi connectivity index (χ1n) is 7.85. The van der Waals surface area contributed by atoms with Gasteiger partial charge in [0.15, 0.2) is 11.5 Å². The van der Waals surface area contributed by atoms with E-state index in [0.717, 1.165) is 0 Å². The second-order valence-electron chi connectivity index (χ2n) is 6.92. The maximum Gasteiger partial charge on any atom is 0.229 e. The molecule has 2 aliphatic heterocycles. The summed E-state index contributed by atoms with van der Waals surface area (Å²) in [4.78, 5) is 26.3. The lowest BCUT2D eigenvalue weighted by Gasteiger charge is -2.31. The third-order valence-electron chi connectivity index (χ3n) is 4.12. The van der Waals surface area contributed by atoms with Crippen LogP contribution in [0.3, 0.4) is 0 Å². The third-order valence-corrected chi connectivity index (χ3v) is 4.12. The van der Waals surface area contributed by atoms with Crippen LogP contribution in [0.15, 0.2) is 18.2 Å². The van der Waals surface area contributed by atoms with Gasteiger partial charge in [0.2, 0.25) is 11.8 Å². The number of nitrogens with zero attached hydrogens (tertiary/aromatic N) is 1. The molecular formula is C17H22N2O4. The van der Waals surface area contributed by atoms with Crippen molar-refractivity contribution in [1.29, 1.82) is 0 Å². The quantitative estimate of drug-likeness (QED) is 0.906. The van der Waals surface area contributed by atoms with Crippen molar-refractivity contribution in [2.24, 2.45) is 5.92 Å². The third kappa shape index (κ3) is 3.25. The molecule has 3 rings (SSSR count). The molecule has 1 atom stereocenters. The van der Waals surface area contributed by atoms with E-state index in [1.165, 1.54) is 0 Å². The van der Waals surface area contributed by atoms with Crippen molar-refractivity contribution in [2.45, 2.75) is 32.7 Å². The van der Waals surface area contributed by atoms with Gasteiger partial charge in [-0.05, 0) is 32.9 Å². The Balaban J connectivity index is 1.67. The van der Waals surface area contributed by atoms with Crippen molar-refractivity contribution in [3.63, 3.8) is 0 Å². The largest absolute Gasteiger partial charge is 0.486 e. The minimum Gasteiger partial charge on any atom is -0.486 e. The van der Waals surface area contributed by atoms with Crippen LogP contribution < -0.4 is 14.8 Å². The predicted molar refractivity (Wildman–Crippen MR) is 85.6 cm³/mol. The molecule has 1 saturated heterocycles. The Hall–Kier alpha value is -2.24. The molecule has 1 aromatic rings. The van der Waals surface area contributed by atoms with Crippen molar-refractivity contribution >= 4 is 17.5 Å². The molecule has 1 aromatic carbocycles. The van der Waals surface area contributed by atoms with Crippen molar-refractivity contribution in [1.82, 2.24) is 4.90 Å². The number of rotatable bonds is 2. The summed E-state index contributed by atoms with van der Waals surface area (Å²) in [7, 11) is 0. The highest BCUT2D eigenvalue weighted by Gasteiger charge is 2.39. The molecule has 0 aromatic heterocycles. The topological polar surface area (TPSA) is 67.9 Å². The van der Waals surface area contributed by atoms with Crippen molar-refractivity contribution in [3.8, 4) is 11.5 Å². The minimum atomic E-state index is -0.324. The smallest absolute Gasteiger partial charge is 0.229 e. The number of anilines is 1. The normalized spacial score (nSPS) is 20.6. The number of hydrogen-bond acceptors (Lipinski definition) is 4. The highest BCUT2D eigenvalue weighted by molar-refractivity contribution is 5.97. The number of carbonyl (C=O) groups is 2. The zero-order valence-corrected chi connectivity index (χ0v) is 13.7. The zero-order valence-electron chi connectivity index (χ0n) is 13.7. The highest BCUT2D eigenvalue weighted by Crippen LogP contribution is 2.33. The molecule has 1 fully saturated rings. The fourth-order valence-corrected chi connectivity index (χ4v) is 2.90. The second kappa shape index (κ2) is 5.76. The standard InChI is InChI=1S/C17H22N2O4/c1-17(2,3)19-10-11(8-15(19)20)16(21)18-12-4-5-13-14(9-12)23-7-6-22-13/h4-5,9,11H,6-8,10H2,1-3H3,(H,18,21)/t11-/m1/s1. The van der Waals surface area contributed by atoms with E-state index in [0.29, 0.717) is 36.9 Å². The average molecular weight is 318 g/mol. The van der Waals surface area contributed by atoms with Crippen LogP contribution in [-0.4, -0.2) is 42.0 Å². The molecule has 0 spiro atoms. The monoisotopic (exact) mass is 318 g/mol. The summed E-state index contributed by atoms with van der Waals surface area (Å²) in [5.74, 6) is 0.883. The summed E-state index contributed by atoms with van der Waals surface area (Å²) in [6.07, 6.45) is 0.258. The van der Waals surface area contributed by atoms with E-state index in [9.17, 15) is 9.59 Å². The van der Waals surface area contributed by atoms with Gasteiger partial charge in [0.05, 0.1) is 5.92 Å². The van der Waals surface area contributed by atoms with Gasteiger partial charge < -0.3 is 19.7 Å². The summed E-state index contributed by atoms with van der Waals surface area (Å²) in [6, 6.07) is 5.32. The summed E-state index contributed by atoms with van der Waals surface area (Å²) in [5.41, 5.74) is 0.393. The molecule has 1 N–H and O–H groups in total. The van der Waals surface area contributed by atoms with Crippen LogP contribution in [0.5, 0.6) is 11.5 Å². The Morgan fingerprint density at radius 3 is 2.57 bits per heavy atom. The number of likely N-dealkylation sites (tertiary alicyclic amines) is 1.